The van der Waals surface area contributed by atoms with Crippen LogP contribution in [0.2, 0.25) is 0 Å². The highest BCUT2D eigenvalue weighted by molar-refractivity contribution is 7.81. The van der Waals surface area contributed by atoms with E-state index in [1.165, 1.54) is 6.07 Å². The second-order valence-electron chi connectivity index (χ2n) is 16.6. The first kappa shape index (κ1) is 44.3. The number of halogens is 3. The molecule has 3 amide bonds. The number of ether oxygens (including phenoxy) is 1. The second kappa shape index (κ2) is 17.8. The van der Waals surface area contributed by atoms with Gasteiger partial charge in [-0.25, -0.2) is 4.98 Å². The molecule has 0 bridgehead atoms. The molecule has 1 N–H and O–H groups in total. The molecule has 0 spiro atoms. The number of imide groups is 1. The van der Waals surface area contributed by atoms with Crippen molar-refractivity contribution in [1.29, 1.82) is 5.26 Å². The molecule has 12 nitrogen and oxygen atoms in total. The summed E-state index contributed by atoms with van der Waals surface area (Å²) in [6.45, 7) is 14.0. The maximum absolute atomic E-state index is 13.8. The summed E-state index contributed by atoms with van der Waals surface area (Å²) in [6.07, 6.45) is -1.75. The number of aryl methyl sites for hydroxylation is 1. The number of nitrogens with one attached hydrogen (secondary N) is 1. The number of Topliss-reactive ketones (excluding diaryl/α,β-unsaturated/α-hetero) is 1. The monoisotopic (exact) mass is 845 g/mol. The number of hydrogen-bond acceptors (Lipinski definition) is 10. The number of ketones is 1. The molecular formula is C44H50F3N7O5S. The molecule has 3 aliphatic heterocycles. The SMILES string of the molecule is CCc1cc(N2C(=S)N(c3cnc(C#N)c(C(F)(F)F)c3)C(=O)C2(C)C)ccc1O[C@@H](C)CN1C[C@@H](C)N(CC(=O)Cc2cccc(CC3CCC(=O)NC3=O)c2)[C@@H](C)C1. The lowest BCUT2D eigenvalue weighted by Crippen LogP contribution is -2.59. The van der Waals surface area contributed by atoms with Crippen molar-refractivity contribution in [3.05, 3.63) is 82.7 Å². The number of carbonyl (C=O) groups excluding carboxylic acids is 4. The van der Waals surface area contributed by atoms with Crippen LogP contribution in [0.1, 0.15) is 82.3 Å². The van der Waals surface area contributed by atoms with Crippen LogP contribution in [0.4, 0.5) is 24.5 Å². The van der Waals surface area contributed by atoms with Crippen LogP contribution in [-0.4, -0.2) is 93.3 Å². The number of nitriles is 1. The summed E-state index contributed by atoms with van der Waals surface area (Å²) < 4.78 is 47.8. The lowest BCUT2D eigenvalue weighted by molar-refractivity contribution is -0.138. The Balaban J connectivity index is 1.05. The Morgan fingerprint density at radius 2 is 1.77 bits per heavy atom. The van der Waals surface area contributed by atoms with Crippen LogP contribution in [0.25, 0.3) is 0 Å². The van der Waals surface area contributed by atoms with Gasteiger partial charge in [0.15, 0.2) is 16.6 Å². The third kappa shape index (κ3) is 9.53. The number of piperidine rings is 1. The number of amides is 3. The third-order valence-electron chi connectivity index (χ3n) is 11.5. The number of hydrogen-bond donors (Lipinski definition) is 1. The minimum atomic E-state index is -4.86. The fourth-order valence-corrected chi connectivity index (χ4v) is 9.07. The zero-order valence-electron chi connectivity index (χ0n) is 34.6. The summed E-state index contributed by atoms with van der Waals surface area (Å²) in [4.78, 5) is 61.8. The van der Waals surface area contributed by atoms with E-state index >= 15 is 0 Å². The topological polar surface area (TPSA) is 139 Å². The zero-order chi connectivity index (χ0) is 43.7. The molecule has 4 atom stereocenters. The zero-order valence-corrected chi connectivity index (χ0v) is 35.5. The van der Waals surface area contributed by atoms with E-state index in [0.717, 1.165) is 46.9 Å². The molecule has 4 heterocycles. The van der Waals surface area contributed by atoms with Gasteiger partial charge in [0.2, 0.25) is 11.8 Å². The lowest BCUT2D eigenvalue weighted by atomic mass is 9.90. The van der Waals surface area contributed by atoms with E-state index in [-0.39, 0.29) is 52.5 Å². The van der Waals surface area contributed by atoms with Crippen molar-refractivity contribution in [1.82, 2.24) is 20.1 Å². The summed E-state index contributed by atoms with van der Waals surface area (Å²) >= 11 is 5.72. The van der Waals surface area contributed by atoms with Crippen LogP contribution in [0.3, 0.4) is 0 Å². The van der Waals surface area contributed by atoms with E-state index in [9.17, 15) is 37.6 Å². The molecule has 2 aromatic carbocycles. The number of aromatic nitrogens is 1. The molecule has 0 aliphatic carbocycles. The highest BCUT2D eigenvalue weighted by atomic mass is 32.1. The van der Waals surface area contributed by atoms with E-state index in [1.807, 2.05) is 50.2 Å². The number of carbonyl (C=O) groups is 4. The molecule has 0 radical (unpaired) electrons. The van der Waals surface area contributed by atoms with E-state index in [4.69, 9.17) is 17.0 Å². The van der Waals surface area contributed by atoms with Crippen molar-refractivity contribution in [2.75, 3.05) is 36.0 Å². The van der Waals surface area contributed by atoms with Crippen molar-refractivity contribution < 1.29 is 37.1 Å². The first-order valence-electron chi connectivity index (χ1n) is 20.2. The van der Waals surface area contributed by atoms with Gasteiger partial charge in [0, 0.05) is 56.2 Å². The maximum Gasteiger partial charge on any atom is 0.419 e. The van der Waals surface area contributed by atoms with Crippen LogP contribution in [0, 0.1) is 17.2 Å². The number of alkyl halides is 3. The van der Waals surface area contributed by atoms with Crippen LogP contribution in [-0.2, 0) is 44.6 Å². The Kier molecular flexibility index (Phi) is 13.1. The second-order valence-corrected chi connectivity index (χ2v) is 16.9. The minimum absolute atomic E-state index is 0.0194. The van der Waals surface area contributed by atoms with Crippen LogP contribution in [0.15, 0.2) is 54.7 Å². The lowest BCUT2D eigenvalue weighted by Gasteiger charge is -2.44. The number of benzene rings is 2. The van der Waals surface area contributed by atoms with Gasteiger partial charge in [-0.05, 0) is 107 Å². The summed E-state index contributed by atoms with van der Waals surface area (Å²) in [5.41, 5.74) is -0.180. The van der Waals surface area contributed by atoms with Crippen molar-refractivity contribution in [2.24, 2.45) is 5.92 Å². The highest BCUT2D eigenvalue weighted by Crippen LogP contribution is 2.40. The van der Waals surface area contributed by atoms with Crippen LogP contribution < -0.4 is 19.9 Å². The van der Waals surface area contributed by atoms with Gasteiger partial charge in [-0.3, -0.25) is 39.2 Å². The number of anilines is 2. The number of pyridine rings is 1. The predicted molar refractivity (Wildman–Crippen MR) is 223 cm³/mol. The molecular weight excluding hydrogens is 796 g/mol. The van der Waals surface area contributed by atoms with Gasteiger partial charge < -0.3 is 9.64 Å². The first-order valence-corrected chi connectivity index (χ1v) is 20.6. The molecule has 16 heteroatoms. The smallest absolute Gasteiger partial charge is 0.419 e. The van der Waals surface area contributed by atoms with Gasteiger partial charge in [0.1, 0.15) is 23.5 Å². The predicted octanol–water partition coefficient (Wildman–Crippen LogP) is 6.02. The number of thiocarbonyl (C=S) groups is 1. The van der Waals surface area contributed by atoms with Crippen molar-refractivity contribution in [2.45, 2.75) is 104 Å². The van der Waals surface area contributed by atoms with Crippen molar-refractivity contribution in [3.63, 3.8) is 0 Å². The average molecular weight is 846 g/mol. The summed E-state index contributed by atoms with van der Waals surface area (Å²) in [5.74, 6) is -0.492. The fraction of sp³-hybridized carbons (Fsp3) is 0.477. The van der Waals surface area contributed by atoms with Gasteiger partial charge >= 0.3 is 6.18 Å². The van der Waals surface area contributed by atoms with Crippen LogP contribution in [0.5, 0.6) is 5.75 Å². The molecule has 6 rings (SSSR count). The fourth-order valence-electron chi connectivity index (χ4n) is 8.55. The normalized spacial score (nSPS) is 21.8. The Morgan fingerprint density at radius 3 is 2.42 bits per heavy atom. The van der Waals surface area contributed by atoms with Gasteiger partial charge in [-0.2, -0.15) is 18.4 Å². The summed E-state index contributed by atoms with van der Waals surface area (Å²) in [5, 5.41) is 11.6. The standard InChI is InChI=1S/C44H50F3N7O5S/c1-7-31-18-33(54-42(60)53(41(58)43(54,5)6)34-19-36(44(45,46)47)37(20-48)49-21-34)12-13-38(31)59-28(4)24-51-22-26(2)52(27(3)23-51)25-35(55)17-30-10-8-9-29(15-30)16-32-11-14-39(56)50-40(32)57/h8-10,12-13,15,18-19,21,26-28,32H,7,11,14,16-17,22-25H2,1-6H3,(H,50,56,57)/t26-,27+,28-,32?/m0/s1. The van der Waals surface area contributed by atoms with Crippen molar-refractivity contribution in [3.8, 4) is 11.8 Å². The van der Waals surface area contributed by atoms with Gasteiger partial charge in [0.05, 0.1) is 24.0 Å². The van der Waals surface area contributed by atoms with E-state index < -0.39 is 28.9 Å². The Bertz CT molecular complexity index is 2210. The number of piperazine rings is 1. The molecule has 3 aliphatic rings. The highest BCUT2D eigenvalue weighted by Gasteiger charge is 2.51. The number of nitrogens with zero attached hydrogens (tertiary/aromatic N) is 6. The van der Waals surface area contributed by atoms with E-state index in [1.54, 1.807) is 24.8 Å². The van der Waals surface area contributed by atoms with Gasteiger partial charge in [0.25, 0.3) is 5.91 Å². The molecule has 3 fully saturated rings. The molecule has 3 aromatic rings. The van der Waals surface area contributed by atoms with Crippen LogP contribution >= 0.6 is 12.2 Å². The minimum Gasteiger partial charge on any atom is -0.489 e. The van der Waals surface area contributed by atoms with Gasteiger partial charge in [-0.15, -0.1) is 0 Å². The quantitative estimate of drug-likeness (QED) is 0.160. The Morgan fingerprint density at radius 1 is 1.07 bits per heavy atom. The third-order valence-corrected chi connectivity index (χ3v) is 11.9. The summed E-state index contributed by atoms with van der Waals surface area (Å²) in [6, 6.07) is 15.7. The Labute approximate surface area is 353 Å². The van der Waals surface area contributed by atoms with E-state index in [2.05, 4.69) is 33.9 Å². The largest absolute Gasteiger partial charge is 0.489 e. The average Bonchev–Trinajstić information content (AvgIpc) is 3.35. The van der Waals surface area contributed by atoms with E-state index in [0.29, 0.717) is 56.6 Å². The van der Waals surface area contributed by atoms with Gasteiger partial charge in [-0.1, -0.05) is 31.2 Å². The molecule has 0 saturated carbocycles. The Hall–Kier alpha value is -5.24. The number of rotatable bonds is 13. The molecule has 60 heavy (non-hydrogen) atoms. The maximum atomic E-state index is 13.8. The van der Waals surface area contributed by atoms with Crippen molar-refractivity contribution >= 4 is 52.2 Å². The molecule has 1 aromatic heterocycles. The first-order chi connectivity index (χ1) is 28.3. The molecule has 1 unspecified atom stereocenters. The molecule has 318 valence electrons. The summed E-state index contributed by atoms with van der Waals surface area (Å²) in [7, 11) is 0. The molecule has 3 saturated heterocycles.